The number of carbonyl (C=O) groups is 2. The lowest BCUT2D eigenvalue weighted by molar-refractivity contribution is 0.0697. The molecule has 2 N–H and O–H groups in total. The Morgan fingerprint density at radius 1 is 1.07 bits per heavy atom. The zero-order valence-corrected chi connectivity index (χ0v) is 16.1. The normalized spacial score (nSPS) is 16.6. The molecular formula is C22H24FN3O3. The average molecular weight is 397 g/mol. The standard InChI is InChI=1S/C22H24FN3O3/c23-18-5-6-20-17(13-18)7-12-26(20)19-8-10-25(11-9-19)22(29)24-14-15-1-3-16(4-2-15)21(27)28/h1-6,13,19H,7-12,14H2,(H,24,29)(H,27,28). The van der Waals surface area contributed by atoms with E-state index in [1.165, 1.54) is 18.2 Å². The number of anilines is 1. The van der Waals surface area contributed by atoms with Gasteiger partial charge in [0.1, 0.15) is 5.82 Å². The van der Waals surface area contributed by atoms with Crippen LogP contribution in [-0.4, -0.2) is 47.7 Å². The molecule has 2 aliphatic heterocycles. The number of hydrogen-bond donors (Lipinski definition) is 2. The number of carboxylic acids is 1. The van der Waals surface area contributed by atoms with Gasteiger partial charge in [0.2, 0.25) is 0 Å². The summed E-state index contributed by atoms with van der Waals surface area (Å²) < 4.78 is 13.4. The van der Waals surface area contributed by atoms with Gasteiger partial charge >= 0.3 is 12.0 Å². The number of piperidine rings is 1. The number of urea groups is 1. The second-order valence-corrected chi connectivity index (χ2v) is 7.60. The smallest absolute Gasteiger partial charge is 0.335 e. The number of carbonyl (C=O) groups excluding carboxylic acids is 1. The van der Waals surface area contributed by atoms with Crippen molar-refractivity contribution < 1.29 is 19.1 Å². The summed E-state index contributed by atoms with van der Waals surface area (Å²) in [7, 11) is 0. The zero-order chi connectivity index (χ0) is 20.4. The Bertz CT molecular complexity index is 908. The highest BCUT2D eigenvalue weighted by Gasteiger charge is 2.30. The highest BCUT2D eigenvalue weighted by atomic mass is 19.1. The molecular weight excluding hydrogens is 373 g/mol. The molecule has 0 saturated carbocycles. The molecule has 6 nitrogen and oxygen atoms in total. The summed E-state index contributed by atoms with van der Waals surface area (Å²) in [5.74, 6) is -1.15. The minimum Gasteiger partial charge on any atom is -0.478 e. The number of amides is 2. The molecule has 29 heavy (non-hydrogen) atoms. The van der Waals surface area contributed by atoms with Crippen LogP contribution in [0.5, 0.6) is 0 Å². The minimum atomic E-state index is -0.964. The van der Waals surface area contributed by atoms with Crippen molar-refractivity contribution in [3.8, 4) is 0 Å². The van der Waals surface area contributed by atoms with E-state index in [9.17, 15) is 14.0 Å². The van der Waals surface area contributed by atoms with Crippen molar-refractivity contribution in [2.24, 2.45) is 0 Å². The third-order valence-electron chi connectivity index (χ3n) is 5.81. The Kier molecular flexibility index (Phi) is 5.38. The maximum atomic E-state index is 13.4. The van der Waals surface area contributed by atoms with E-state index in [1.807, 2.05) is 11.0 Å². The van der Waals surface area contributed by atoms with Gasteiger partial charge in [-0.15, -0.1) is 0 Å². The van der Waals surface area contributed by atoms with Crippen molar-refractivity contribution in [3.05, 3.63) is 65.0 Å². The number of nitrogens with zero attached hydrogens (tertiary/aromatic N) is 2. The van der Waals surface area contributed by atoms with E-state index in [-0.39, 0.29) is 17.4 Å². The maximum absolute atomic E-state index is 13.4. The molecule has 152 valence electrons. The maximum Gasteiger partial charge on any atom is 0.335 e. The Hall–Kier alpha value is -3.09. The second-order valence-electron chi connectivity index (χ2n) is 7.60. The van der Waals surface area contributed by atoms with E-state index in [4.69, 9.17) is 5.11 Å². The summed E-state index contributed by atoms with van der Waals surface area (Å²) in [6.45, 7) is 2.63. The third kappa shape index (κ3) is 4.18. The lowest BCUT2D eigenvalue weighted by Crippen LogP contribution is -2.49. The molecule has 0 atom stereocenters. The first kappa shape index (κ1) is 19.2. The van der Waals surface area contributed by atoms with Gasteiger partial charge in [0.05, 0.1) is 5.56 Å². The van der Waals surface area contributed by atoms with Gasteiger partial charge in [-0.1, -0.05) is 12.1 Å². The van der Waals surface area contributed by atoms with Crippen LogP contribution in [0.25, 0.3) is 0 Å². The molecule has 2 heterocycles. The largest absolute Gasteiger partial charge is 0.478 e. The highest BCUT2D eigenvalue weighted by molar-refractivity contribution is 5.87. The molecule has 7 heteroatoms. The van der Waals surface area contributed by atoms with Crippen LogP contribution in [0.15, 0.2) is 42.5 Å². The molecule has 2 aromatic rings. The van der Waals surface area contributed by atoms with Gasteiger partial charge in [-0.05, 0) is 60.7 Å². The zero-order valence-electron chi connectivity index (χ0n) is 16.1. The number of halogens is 1. The van der Waals surface area contributed by atoms with Crippen LogP contribution in [0, 0.1) is 5.82 Å². The molecule has 2 aromatic carbocycles. The first-order chi connectivity index (χ1) is 14.0. The van der Waals surface area contributed by atoms with Gasteiger partial charge in [-0.3, -0.25) is 0 Å². The van der Waals surface area contributed by atoms with Crippen LogP contribution < -0.4 is 10.2 Å². The molecule has 2 amide bonds. The summed E-state index contributed by atoms with van der Waals surface area (Å²) in [6, 6.07) is 11.8. The van der Waals surface area contributed by atoms with Gasteiger partial charge < -0.3 is 20.2 Å². The van der Waals surface area contributed by atoms with Crippen molar-refractivity contribution >= 4 is 17.7 Å². The van der Waals surface area contributed by atoms with Crippen molar-refractivity contribution in [2.75, 3.05) is 24.5 Å². The number of fused-ring (bicyclic) bond motifs is 1. The van der Waals surface area contributed by atoms with E-state index in [2.05, 4.69) is 10.2 Å². The highest BCUT2D eigenvalue weighted by Crippen LogP contribution is 2.33. The molecule has 0 unspecified atom stereocenters. The van der Waals surface area contributed by atoms with E-state index in [0.29, 0.717) is 25.7 Å². The molecule has 0 radical (unpaired) electrons. The van der Waals surface area contributed by atoms with Crippen molar-refractivity contribution in [1.29, 1.82) is 0 Å². The van der Waals surface area contributed by atoms with Gasteiger partial charge in [0.25, 0.3) is 0 Å². The van der Waals surface area contributed by atoms with Crippen molar-refractivity contribution in [1.82, 2.24) is 10.2 Å². The van der Waals surface area contributed by atoms with Gasteiger partial charge in [0.15, 0.2) is 0 Å². The van der Waals surface area contributed by atoms with E-state index in [1.54, 1.807) is 18.2 Å². The van der Waals surface area contributed by atoms with Crippen LogP contribution in [0.3, 0.4) is 0 Å². The molecule has 0 spiro atoms. The number of hydrogen-bond acceptors (Lipinski definition) is 3. The van der Waals surface area contributed by atoms with E-state index >= 15 is 0 Å². The predicted molar refractivity (Wildman–Crippen MR) is 108 cm³/mol. The summed E-state index contributed by atoms with van der Waals surface area (Å²) in [5.41, 5.74) is 3.28. The monoisotopic (exact) mass is 397 g/mol. The molecule has 4 rings (SSSR count). The Morgan fingerprint density at radius 3 is 2.48 bits per heavy atom. The first-order valence-electron chi connectivity index (χ1n) is 9.91. The fraction of sp³-hybridized carbons (Fsp3) is 0.364. The quantitative estimate of drug-likeness (QED) is 0.831. The van der Waals surface area contributed by atoms with Crippen LogP contribution >= 0.6 is 0 Å². The lowest BCUT2D eigenvalue weighted by Gasteiger charge is -2.38. The first-order valence-corrected chi connectivity index (χ1v) is 9.91. The van der Waals surface area contributed by atoms with Crippen molar-refractivity contribution in [3.63, 3.8) is 0 Å². The Balaban J connectivity index is 1.27. The van der Waals surface area contributed by atoms with E-state index < -0.39 is 5.97 Å². The van der Waals surface area contributed by atoms with Gasteiger partial charge in [-0.25, -0.2) is 14.0 Å². The van der Waals surface area contributed by atoms with Crippen LogP contribution in [-0.2, 0) is 13.0 Å². The lowest BCUT2D eigenvalue weighted by atomic mass is 10.0. The molecule has 0 bridgehead atoms. The second kappa shape index (κ2) is 8.11. The molecule has 0 aliphatic carbocycles. The topological polar surface area (TPSA) is 72.9 Å². The van der Waals surface area contributed by atoms with E-state index in [0.717, 1.165) is 42.6 Å². The summed E-state index contributed by atoms with van der Waals surface area (Å²) in [4.78, 5) is 27.5. The van der Waals surface area contributed by atoms with Crippen LogP contribution in [0.4, 0.5) is 14.9 Å². The molecule has 1 fully saturated rings. The number of nitrogens with one attached hydrogen (secondary N) is 1. The average Bonchev–Trinajstić information content (AvgIpc) is 3.15. The SMILES string of the molecule is O=C(O)c1ccc(CNC(=O)N2CCC(N3CCc4cc(F)ccc43)CC2)cc1. The summed E-state index contributed by atoms with van der Waals surface area (Å²) >= 11 is 0. The molecule has 1 saturated heterocycles. The summed E-state index contributed by atoms with van der Waals surface area (Å²) in [6.07, 6.45) is 2.64. The number of aromatic carboxylic acids is 1. The Labute approximate surface area is 168 Å². The predicted octanol–water partition coefficient (Wildman–Crippen LogP) is 3.26. The fourth-order valence-electron chi connectivity index (χ4n) is 4.21. The minimum absolute atomic E-state index is 0.102. The van der Waals surface area contributed by atoms with Crippen molar-refractivity contribution in [2.45, 2.75) is 31.8 Å². The fourth-order valence-corrected chi connectivity index (χ4v) is 4.21. The number of likely N-dealkylation sites (tertiary alicyclic amines) is 1. The molecule has 2 aliphatic rings. The number of rotatable bonds is 4. The third-order valence-corrected chi connectivity index (χ3v) is 5.81. The number of benzene rings is 2. The summed E-state index contributed by atoms with van der Waals surface area (Å²) in [5, 5.41) is 11.8. The number of carboxylic acid groups (broad SMARTS) is 1. The molecule has 0 aromatic heterocycles. The Morgan fingerprint density at radius 2 is 1.79 bits per heavy atom. The van der Waals surface area contributed by atoms with Crippen LogP contribution in [0.1, 0.15) is 34.3 Å². The van der Waals surface area contributed by atoms with Gasteiger partial charge in [-0.2, -0.15) is 0 Å². The van der Waals surface area contributed by atoms with Gasteiger partial charge in [0, 0.05) is 37.9 Å². The van der Waals surface area contributed by atoms with Crippen LogP contribution in [0.2, 0.25) is 0 Å².